The van der Waals surface area contributed by atoms with E-state index in [0.717, 1.165) is 27.6 Å². The topological polar surface area (TPSA) is 87.0 Å². The van der Waals surface area contributed by atoms with E-state index in [4.69, 9.17) is 0 Å². The molecule has 7 heteroatoms. The van der Waals surface area contributed by atoms with Crippen molar-refractivity contribution in [3.05, 3.63) is 54.5 Å². The second-order valence-corrected chi connectivity index (χ2v) is 7.19. The Kier molecular flexibility index (Phi) is 5.31. The predicted molar refractivity (Wildman–Crippen MR) is 101 cm³/mol. The maximum absolute atomic E-state index is 12.7. The molecule has 0 saturated carbocycles. The van der Waals surface area contributed by atoms with Gasteiger partial charge in [-0.3, -0.25) is 18.6 Å². The predicted octanol–water partition coefficient (Wildman–Crippen LogP) is 3.44. The average molecular weight is 370 g/mol. The fourth-order valence-electron chi connectivity index (χ4n) is 2.99. The summed E-state index contributed by atoms with van der Waals surface area (Å²) in [5, 5.41) is 0.849. The summed E-state index contributed by atoms with van der Waals surface area (Å²) in [5.41, 5.74) is 3.49. The molecule has 6 nitrogen and oxygen atoms in total. The maximum atomic E-state index is 12.7. The molecule has 0 aliphatic heterocycles. The Morgan fingerprint density at radius 2 is 1.85 bits per heavy atom. The lowest BCUT2D eigenvalue weighted by molar-refractivity contribution is 0.0860. The Morgan fingerprint density at radius 3 is 2.46 bits per heavy atom. The molecule has 0 amide bonds. The number of rotatable bonds is 5. The third kappa shape index (κ3) is 3.60. The number of benzene rings is 1. The fourth-order valence-corrected chi connectivity index (χ4v) is 3.41. The first-order valence-electron chi connectivity index (χ1n) is 8.33. The van der Waals surface area contributed by atoms with Crippen molar-refractivity contribution in [3.63, 3.8) is 0 Å². The third-order valence-corrected chi connectivity index (χ3v) is 4.87. The van der Waals surface area contributed by atoms with Crippen molar-refractivity contribution in [2.75, 3.05) is 0 Å². The minimum Gasteiger partial charge on any atom is -0.760 e. The van der Waals surface area contributed by atoms with Gasteiger partial charge in [0.15, 0.2) is 0 Å². The number of aromatic nitrogens is 2. The van der Waals surface area contributed by atoms with Crippen LogP contribution in [-0.4, -0.2) is 24.2 Å². The van der Waals surface area contributed by atoms with Crippen molar-refractivity contribution in [2.24, 2.45) is 5.92 Å². The monoisotopic (exact) mass is 370 g/mol. The van der Waals surface area contributed by atoms with E-state index in [1.54, 1.807) is 30.1 Å². The molecule has 0 fully saturated rings. The van der Waals surface area contributed by atoms with Gasteiger partial charge in [-0.1, -0.05) is 26.0 Å². The zero-order valence-electron chi connectivity index (χ0n) is 14.8. The molecule has 0 spiro atoms. The molecule has 0 radical (unpaired) electrons. The van der Waals surface area contributed by atoms with Crippen molar-refractivity contribution in [3.8, 4) is 11.1 Å². The van der Waals surface area contributed by atoms with Crippen LogP contribution in [0.15, 0.2) is 48.9 Å². The molecular formula is C19H20N3O3S-. The number of nitrogens with zero attached hydrogens (tertiary/aromatic N) is 2. The van der Waals surface area contributed by atoms with Gasteiger partial charge in [0.1, 0.15) is 0 Å². The summed E-state index contributed by atoms with van der Waals surface area (Å²) in [6, 6.07) is 9.22. The lowest BCUT2D eigenvalue weighted by Gasteiger charge is -2.14. The van der Waals surface area contributed by atoms with Gasteiger partial charge in [-0.25, -0.2) is 4.72 Å². The van der Waals surface area contributed by atoms with Crippen LogP contribution in [0.3, 0.4) is 0 Å². The minimum atomic E-state index is -2.38. The van der Waals surface area contributed by atoms with E-state index in [2.05, 4.69) is 9.71 Å². The average Bonchev–Trinajstić information content (AvgIpc) is 3.00. The molecular weight excluding hydrogens is 350 g/mol. The molecule has 2 aromatic heterocycles. The molecule has 0 saturated heterocycles. The number of nitrogens with one attached hydrogen (secondary N) is 1. The smallest absolute Gasteiger partial charge is 0.233 e. The van der Waals surface area contributed by atoms with Gasteiger partial charge >= 0.3 is 0 Å². The number of fused-ring (bicyclic) bond motifs is 1. The molecule has 1 aromatic carbocycles. The highest BCUT2D eigenvalue weighted by atomic mass is 32.2. The van der Waals surface area contributed by atoms with E-state index in [-0.39, 0.29) is 11.8 Å². The molecule has 3 aromatic rings. The summed E-state index contributed by atoms with van der Waals surface area (Å²) < 4.78 is 26.1. The first-order chi connectivity index (χ1) is 12.4. The summed E-state index contributed by atoms with van der Waals surface area (Å²) >= 11 is -2.38. The number of pyridine rings is 1. The highest BCUT2D eigenvalue weighted by Crippen LogP contribution is 2.31. The number of carbonyl (C=O) groups excluding carboxylic acids is 1. The van der Waals surface area contributed by atoms with Gasteiger partial charge < -0.3 is 4.55 Å². The molecule has 1 N–H and O–H groups in total. The molecule has 26 heavy (non-hydrogen) atoms. The lowest BCUT2D eigenvalue weighted by Crippen LogP contribution is -2.20. The summed E-state index contributed by atoms with van der Waals surface area (Å²) in [5.74, 6) is -0.219. The molecule has 0 aliphatic carbocycles. The van der Waals surface area contributed by atoms with Gasteiger partial charge in [-0.15, -0.1) is 0 Å². The number of carbonyl (C=O) groups is 1. The van der Waals surface area contributed by atoms with Crippen molar-refractivity contribution in [2.45, 2.75) is 26.8 Å². The van der Waals surface area contributed by atoms with E-state index in [9.17, 15) is 13.6 Å². The standard InChI is InChI=1S/C19H21N3O3S/c1-12(2)19(23)22-11-17(13(3)21-26(24)25)16-5-4-15(10-18(16)22)14-6-8-20-9-7-14/h4-13,21H,1-3H3,(H,24,25)/p-1. The third-order valence-electron chi connectivity index (χ3n) is 4.32. The Hall–Kier alpha value is -2.35. The van der Waals surface area contributed by atoms with Gasteiger partial charge in [0.25, 0.3) is 0 Å². The van der Waals surface area contributed by atoms with E-state index in [0.29, 0.717) is 0 Å². The highest BCUT2D eigenvalue weighted by Gasteiger charge is 2.19. The van der Waals surface area contributed by atoms with Crippen molar-refractivity contribution >= 4 is 28.1 Å². The van der Waals surface area contributed by atoms with E-state index >= 15 is 0 Å². The van der Waals surface area contributed by atoms with Crippen LogP contribution < -0.4 is 4.72 Å². The van der Waals surface area contributed by atoms with Crippen LogP contribution in [0.4, 0.5) is 0 Å². The first-order valence-corrected chi connectivity index (χ1v) is 9.41. The Morgan fingerprint density at radius 1 is 1.15 bits per heavy atom. The Labute approximate surface area is 154 Å². The van der Waals surface area contributed by atoms with Crippen LogP contribution in [0.5, 0.6) is 0 Å². The van der Waals surface area contributed by atoms with Crippen molar-refractivity contribution < 1.29 is 13.6 Å². The zero-order valence-corrected chi connectivity index (χ0v) is 15.6. The Bertz CT molecular complexity index is 967. The van der Waals surface area contributed by atoms with Crippen LogP contribution >= 0.6 is 0 Å². The maximum Gasteiger partial charge on any atom is 0.233 e. The molecule has 2 heterocycles. The molecule has 2 unspecified atom stereocenters. The zero-order chi connectivity index (χ0) is 18.8. The van der Waals surface area contributed by atoms with Crippen LogP contribution in [-0.2, 0) is 11.3 Å². The lowest BCUT2D eigenvalue weighted by atomic mass is 10.0. The number of hydrogen-bond acceptors (Lipinski definition) is 4. The number of hydrogen-bond donors (Lipinski definition) is 1. The van der Waals surface area contributed by atoms with Crippen LogP contribution in [0.25, 0.3) is 22.0 Å². The van der Waals surface area contributed by atoms with Crippen LogP contribution in [0.2, 0.25) is 0 Å². The van der Waals surface area contributed by atoms with Gasteiger partial charge in [0.2, 0.25) is 5.91 Å². The van der Waals surface area contributed by atoms with Crippen molar-refractivity contribution in [1.29, 1.82) is 0 Å². The molecule has 3 rings (SSSR count). The van der Waals surface area contributed by atoms with E-state index in [1.165, 1.54) is 0 Å². The summed E-state index contributed by atoms with van der Waals surface area (Å²) in [6.07, 6.45) is 5.17. The summed E-state index contributed by atoms with van der Waals surface area (Å²) in [7, 11) is 0. The largest absolute Gasteiger partial charge is 0.760 e. The first kappa shape index (κ1) is 18.4. The molecule has 136 valence electrons. The molecule has 2 atom stereocenters. The quantitative estimate of drug-likeness (QED) is 0.697. The van der Waals surface area contributed by atoms with E-state index in [1.807, 2.05) is 44.2 Å². The van der Waals surface area contributed by atoms with Crippen LogP contribution in [0.1, 0.15) is 37.2 Å². The SMILES string of the molecule is CC(C)C(=O)n1cc(C(C)NS(=O)[O-])c2ccc(-c3ccncc3)cc21. The van der Waals surface area contributed by atoms with Crippen molar-refractivity contribution in [1.82, 2.24) is 14.3 Å². The molecule has 0 bridgehead atoms. The van der Waals surface area contributed by atoms with Gasteiger partial charge in [-0.2, -0.15) is 0 Å². The molecule has 0 aliphatic rings. The van der Waals surface area contributed by atoms with E-state index < -0.39 is 17.3 Å². The second kappa shape index (κ2) is 7.49. The second-order valence-electron chi connectivity index (χ2n) is 6.49. The summed E-state index contributed by atoms with van der Waals surface area (Å²) in [6.45, 7) is 5.44. The fraction of sp³-hybridized carbons (Fsp3) is 0.263. The van der Waals surface area contributed by atoms with Gasteiger partial charge in [0.05, 0.1) is 5.52 Å². The van der Waals surface area contributed by atoms with Gasteiger partial charge in [0, 0.05) is 47.2 Å². The summed E-state index contributed by atoms with van der Waals surface area (Å²) in [4.78, 5) is 16.7. The Balaban J connectivity index is 2.19. The minimum absolute atomic E-state index is 0.0384. The van der Waals surface area contributed by atoms with Gasteiger partial charge in [-0.05, 0) is 41.8 Å². The van der Waals surface area contributed by atoms with Crippen LogP contribution in [0, 0.1) is 5.92 Å². The highest BCUT2D eigenvalue weighted by molar-refractivity contribution is 7.77. The normalized spacial score (nSPS) is 13.9.